The molecule has 7 heteroatoms. The largest absolute Gasteiger partial charge is 0.454 e. The van der Waals surface area contributed by atoms with Gasteiger partial charge in [0.25, 0.3) is 5.91 Å². The molecule has 3 aromatic rings. The number of carbonyl (C=O) groups excluding carboxylic acids is 1. The number of hydrogen-bond acceptors (Lipinski definition) is 4. The van der Waals surface area contributed by atoms with Crippen LogP contribution in [0.3, 0.4) is 0 Å². The van der Waals surface area contributed by atoms with Crippen molar-refractivity contribution in [3.63, 3.8) is 0 Å². The van der Waals surface area contributed by atoms with E-state index in [1.165, 1.54) is 0 Å². The quantitative estimate of drug-likeness (QED) is 0.752. The van der Waals surface area contributed by atoms with Crippen LogP contribution in [-0.2, 0) is 13.1 Å². The van der Waals surface area contributed by atoms with Crippen LogP contribution in [0.1, 0.15) is 27.7 Å². The SMILES string of the molecule is Cc1cc(C)n(CCNC(=O)c2ccc(Cn3cccn3)o2)n1. The van der Waals surface area contributed by atoms with Crippen LogP contribution in [0.2, 0.25) is 0 Å². The van der Waals surface area contributed by atoms with Crippen molar-refractivity contribution < 1.29 is 9.21 Å². The smallest absolute Gasteiger partial charge is 0.287 e. The van der Waals surface area contributed by atoms with E-state index in [9.17, 15) is 4.79 Å². The highest BCUT2D eigenvalue weighted by Gasteiger charge is 2.11. The summed E-state index contributed by atoms with van der Waals surface area (Å²) in [5.41, 5.74) is 2.05. The van der Waals surface area contributed by atoms with E-state index >= 15 is 0 Å². The lowest BCUT2D eigenvalue weighted by Crippen LogP contribution is -2.27. The van der Waals surface area contributed by atoms with Crippen molar-refractivity contribution >= 4 is 5.91 Å². The molecule has 0 saturated heterocycles. The topological polar surface area (TPSA) is 77.9 Å². The molecule has 0 aliphatic heterocycles. The summed E-state index contributed by atoms with van der Waals surface area (Å²) in [6.07, 6.45) is 3.55. The Bertz CT molecular complexity index is 785. The summed E-state index contributed by atoms with van der Waals surface area (Å²) < 4.78 is 9.17. The molecule has 0 fully saturated rings. The van der Waals surface area contributed by atoms with E-state index in [4.69, 9.17) is 4.42 Å². The molecule has 0 aromatic carbocycles. The van der Waals surface area contributed by atoms with E-state index in [2.05, 4.69) is 15.5 Å². The molecule has 7 nitrogen and oxygen atoms in total. The molecule has 0 unspecified atom stereocenters. The molecule has 0 atom stereocenters. The predicted molar refractivity (Wildman–Crippen MR) is 84.1 cm³/mol. The van der Waals surface area contributed by atoms with Gasteiger partial charge in [0, 0.05) is 24.6 Å². The van der Waals surface area contributed by atoms with Gasteiger partial charge in [-0.25, -0.2) is 0 Å². The molecule has 3 rings (SSSR count). The zero-order chi connectivity index (χ0) is 16.2. The summed E-state index contributed by atoms with van der Waals surface area (Å²) in [5, 5.41) is 11.3. The van der Waals surface area contributed by atoms with Crippen LogP contribution in [0, 0.1) is 13.8 Å². The van der Waals surface area contributed by atoms with Crippen molar-refractivity contribution in [1.82, 2.24) is 24.9 Å². The molecule has 0 aliphatic carbocycles. The number of aromatic nitrogens is 4. The van der Waals surface area contributed by atoms with Crippen LogP contribution < -0.4 is 5.32 Å². The lowest BCUT2D eigenvalue weighted by Gasteiger charge is -2.05. The second-order valence-corrected chi connectivity index (χ2v) is 5.38. The molecule has 0 aliphatic rings. The average Bonchev–Trinajstić information content (AvgIpc) is 3.23. The van der Waals surface area contributed by atoms with Gasteiger partial charge >= 0.3 is 0 Å². The van der Waals surface area contributed by atoms with Gasteiger partial charge in [0.15, 0.2) is 5.76 Å². The maximum Gasteiger partial charge on any atom is 0.287 e. The second kappa shape index (κ2) is 6.51. The monoisotopic (exact) mass is 313 g/mol. The lowest BCUT2D eigenvalue weighted by atomic mass is 10.4. The van der Waals surface area contributed by atoms with E-state index in [0.29, 0.717) is 31.2 Å². The summed E-state index contributed by atoms with van der Waals surface area (Å²) in [5.74, 6) is 0.774. The molecular formula is C16H19N5O2. The minimum absolute atomic E-state index is 0.224. The molecule has 0 saturated carbocycles. The standard InChI is InChI=1S/C16H19N5O2/c1-12-10-13(2)21(19-12)9-7-17-16(22)15-5-4-14(23-15)11-20-8-3-6-18-20/h3-6,8,10H,7,9,11H2,1-2H3,(H,17,22). The van der Waals surface area contributed by atoms with E-state index in [1.54, 1.807) is 23.0 Å². The third kappa shape index (κ3) is 3.68. The highest BCUT2D eigenvalue weighted by atomic mass is 16.4. The summed E-state index contributed by atoms with van der Waals surface area (Å²) in [6.45, 7) is 5.58. The normalized spacial score (nSPS) is 10.9. The highest BCUT2D eigenvalue weighted by Crippen LogP contribution is 2.09. The van der Waals surface area contributed by atoms with Gasteiger partial charge in [-0.2, -0.15) is 10.2 Å². The molecule has 0 spiro atoms. The van der Waals surface area contributed by atoms with Crippen LogP contribution in [0.25, 0.3) is 0 Å². The first-order valence-electron chi connectivity index (χ1n) is 7.47. The predicted octanol–water partition coefficient (Wildman–Crippen LogP) is 1.77. The van der Waals surface area contributed by atoms with Crippen molar-refractivity contribution in [3.8, 4) is 0 Å². The molecule has 120 valence electrons. The second-order valence-electron chi connectivity index (χ2n) is 5.38. The van der Waals surface area contributed by atoms with Crippen molar-refractivity contribution in [1.29, 1.82) is 0 Å². The first-order chi connectivity index (χ1) is 11.1. The minimum Gasteiger partial charge on any atom is -0.454 e. The number of nitrogens with one attached hydrogen (secondary N) is 1. The molecule has 23 heavy (non-hydrogen) atoms. The van der Waals surface area contributed by atoms with Gasteiger partial charge in [-0.05, 0) is 38.1 Å². The zero-order valence-corrected chi connectivity index (χ0v) is 13.2. The Morgan fingerprint density at radius 1 is 1.35 bits per heavy atom. The number of rotatable bonds is 6. The summed E-state index contributed by atoms with van der Waals surface area (Å²) >= 11 is 0. The van der Waals surface area contributed by atoms with Crippen molar-refractivity contribution in [2.75, 3.05) is 6.54 Å². The van der Waals surface area contributed by atoms with Crippen molar-refractivity contribution in [2.24, 2.45) is 0 Å². The van der Waals surface area contributed by atoms with E-state index in [1.807, 2.05) is 36.9 Å². The van der Waals surface area contributed by atoms with Gasteiger partial charge < -0.3 is 9.73 Å². The molecule has 0 bridgehead atoms. The Morgan fingerprint density at radius 2 is 2.22 bits per heavy atom. The first-order valence-corrected chi connectivity index (χ1v) is 7.47. The van der Waals surface area contributed by atoms with Gasteiger partial charge in [0.05, 0.1) is 18.8 Å². The lowest BCUT2D eigenvalue weighted by molar-refractivity contribution is 0.0922. The van der Waals surface area contributed by atoms with Crippen LogP contribution in [0.15, 0.2) is 41.1 Å². The number of hydrogen-bond donors (Lipinski definition) is 1. The van der Waals surface area contributed by atoms with Crippen LogP contribution >= 0.6 is 0 Å². The fourth-order valence-electron chi connectivity index (χ4n) is 2.40. The Kier molecular flexibility index (Phi) is 4.27. The van der Waals surface area contributed by atoms with Gasteiger partial charge in [0.1, 0.15) is 5.76 Å². The first kappa shape index (κ1) is 15.1. The highest BCUT2D eigenvalue weighted by molar-refractivity contribution is 5.91. The van der Waals surface area contributed by atoms with Crippen LogP contribution in [0.4, 0.5) is 0 Å². The fraction of sp³-hybridized carbons (Fsp3) is 0.312. The number of amides is 1. The maximum absolute atomic E-state index is 12.1. The third-order valence-electron chi connectivity index (χ3n) is 3.47. The van der Waals surface area contributed by atoms with Gasteiger partial charge in [-0.1, -0.05) is 0 Å². The molecule has 1 N–H and O–H groups in total. The van der Waals surface area contributed by atoms with Gasteiger partial charge in [0.2, 0.25) is 0 Å². The maximum atomic E-state index is 12.1. The summed E-state index contributed by atoms with van der Waals surface area (Å²) in [4.78, 5) is 12.1. The van der Waals surface area contributed by atoms with Crippen LogP contribution in [0.5, 0.6) is 0 Å². The van der Waals surface area contributed by atoms with E-state index in [0.717, 1.165) is 11.4 Å². The third-order valence-corrected chi connectivity index (χ3v) is 3.47. The number of carbonyl (C=O) groups is 1. The minimum atomic E-state index is -0.224. The molecule has 0 radical (unpaired) electrons. The number of furan rings is 1. The zero-order valence-electron chi connectivity index (χ0n) is 13.2. The molecule has 3 heterocycles. The average molecular weight is 313 g/mol. The van der Waals surface area contributed by atoms with Gasteiger partial charge in [-0.3, -0.25) is 14.2 Å². The Labute approximate surface area is 133 Å². The number of nitrogens with zero attached hydrogens (tertiary/aromatic N) is 4. The summed E-state index contributed by atoms with van der Waals surface area (Å²) in [6, 6.07) is 7.32. The van der Waals surface area contributed by atoms with Gasteiger partial charge in [-0.15, -0.1) is 0 Å². The van der Waals surface area contributed by atoms with E-state index in [-0.39, 0.29) is 5.91 Å². The van der Waals surface area contributed by atoms with Crippen molar-refractivity contribution in [2.45, 2.75) is 26.9 Å². The Balaban J connectivity index is 1.52. The van der Waals surface area contributed by atoms with E-state index < -0.39 is 0 Å². The Hall–Kier alpha value is -2.83. The molecular weight excluding hydrogens is 294 g/mol. The Morgan fingerprint density at radius 3 is 2.91 bits per heavy atom. The van der Waals surface area contributed by atoms with Crippen LogP contribution in [-0.4, -0.2) is 32.0 Å². The number of aryl methyl sites for hydroxylation is 2. The molecule has 3 aromatic heterocycles. The fourth-order valence-corrected chi connectivity index (χ4v) is 2.40. The van der Waals surface area contributed by atoms with Crippen molar-refractivity contribution in [3.05, 3.63) is 59.6 Å². The summed E-state index contributed by atoms with van der Waals surface area (Å²) in [7, 11) is 0. The molecule has 1 amide bonds.